The number of Topliss-reactive ketones (excluding diaryl/α,β-unsaturated/α-hetero) is 1. The van der Waals surface area contributed by atoms with E-state index in [1.807, 2.05) is 0 Å². The first-order valence-electron chi connectivity index (χ1n) is 5.14. The molecule has 4 heteroatoms. The van der Waals surface area contributed by atoms with E-state index in [0.717, 1.165) is 0 Å². The van der Waals surface area contributed by atoms with Gasteiger partial charge in [-0.15, -0.1) is 0 Å². The van der Waals surface area contributed by atoms with Crippen molar-refractivity contribution < 1.29 is 19.4 Å². The zero-order valence-electron chi connectivity index (χ0n) is 10.4. The summed E-state index contributed by atoms with van der Waals surface area (Å²) in [6.45, 7) is 3.20. The monoisotopic (exact) mass is 236 g/mol. The second-order valence-electron chi connectivity index (χ2n) is 3.62. The van der Waals surface area contributed by atoms with Crippen LogP contribution in [0, 0.1) is 0 Å². The van der Waals surface area contributed by atoms with Crippen LogP contribution in [0.3, 0.4) is 0 Å². The molecule has 1 aromatic carbocycles. The number of ether oxygens (including phenoxy) is 2. The van der Waals surface area contributed by atoms with E-state index in [2.05, 4.69) is 0 Å². The molecule has 17 heavy (non-hydrogen) atoms. The van der Waals surface area contributed by atoms with Gasteiger partial charge in [0.2, 0.25) is 5.75 Å². The quantitative estimate of drug-likeness (QED) is 0.815. The Hall–Kier alpha value is -1.97. The van der Waals surface area contributed by atoms with Crippen molar-refractivity contribution in [2.24, 2.45) is 0 Å². The van der Waals surface area contributed by atoms with Crippen molar-refractivity contribution in [2.45, 2.75) is 13.8 Å². The number of rotatable bonds is 4. The third-order valence-electron chi connectivity index (χ3n) is 2.48. The zero-order chi connectivity index (χ0) is 13.0. The van der Waals surface area contributed by atoms with Gasteiger partial charge in [-0.05, 0) is 37.6 Å². The number of ketones is 1. The fourth-order valence-electron chi connectivity index (χ4n) is 1.40. The number of aromatic hydroxyl groups is 1. The van der Waals surface area contributed by atoms with E-state index in [1.165, 1.54) is 21.1 Å². The van der Waals surface area contributed by atoms with E-state index in [1.54, 1.807) is 25.1 Å². The van der Waals surface area contributed by atoms with Gasteiger partial charge < -0.3 is 14.6 Å². The number of allylic oxidation sites excluding steroid dienone is 1. The summed E-state index contributed by atoms with van der Waals surface area (Å²) in [4.78, 5) is 11.2. The van der Waals surface area contributed by atoms with Crippen LogP contribution in [0.25, 0.3) is 6.08 Å². The fourth-order valence-corrected chi connectivity index (χ4v) is 1.40. The minimum absolute atomic E-state index is 0.0256. The molecule has 0 aliphatic heterocycles. The van der Waals surface area contributed by atoms with Crippen molar-refractivity contribution in [3.05, 3.63) is 23.3 Å². The highest BCUT2D eigenvalue weighted by molar-refractivity contribution is 5.97. The summed E-state index contributed by atoms with van der Waals surface area (Å²) in [7, 11) is 2.92. The minimum atomic E-state index is -0.0693. The summed E-state index contributed by atoms with van der Waals surface area (Å²) in [5, 5.41) is 9.86. The maximum Gasteiger partial charge on any atom is 0.201 e. The molecule has 0 spiro atoms. The van der Waals surface area contributed by atoms with Crippen LogP contribution in [0.2, 0.25) is 0 Å². The third-order valence-corrected chi connectivity index (χ3v) is 2.48. The van der Waals surface area contributed by atoms with Gasteiger partial charge in [-0.1, -0.05) is 0 Å². The Morgan fingerprint density at radius 3 is 2.35 bits per heavy atom. The molecular formula is C13H16O4. The van der Waals surface area contributed by atoms with E-state index >= 15 is 0 Å². The molecule has 1 N–H and O–H groups in total. The van der Waals surface area contributed by atoms with E-state index in [-0.39, 0.29) is 11.5 Å². The average molecular weight is 236 g/mol. The largest absolute Gasteiger partial charge is 0.502 e. The van der Waals surface area contributed by atoms with Crippen molar-refractivity contribution >= 4 is 11.9 Å². The van der Waals surface area contributed by atoms with Gasteiger partial charge in [-0.3, -0.25) is 4.79 Å². The maximum absolute atomic E-state index is 11.2. The number of phenols is 1. The molecule has 0 amide bonds. The molecule has 0 bridgehead atoms. The van der Waals surface area contributed by atoms with Gasteiger partial charge in [0.15, 0.2) is 17.3 Å². The number of hydrogen-bond donors (Lipinski definition) is 1. The summed E-state index contributed by atoms with van der Waals surface area (Å²) in [6.07, 6.45) is 1.67. The van der Waals surface area contributed by atoms with Crippen LogP contribution < -0.4 is 9.47 Å². The molecule has 0 heterocycles. The number of benzene rings is 1. The smallest absolute Gasteiger partial charge is 0.201 e. The molecule has 0 aromatic heterocycles. The summed E-state index contributed by atoms with van der Waals surface area (Å²) in [5.74, 6) is 0.534. The first-order valence-corrected chi connectivity index (χ1v) is 5.14. The van der Waals surface area contributed by atoms with Crippen LogP contribution in [-0.4, -0.2) is 25.1 Å². The van der Waals surface area contributed by atoms with Gasteiger partial charge in [0.05, 0.1) is 14.2 Å². The number of carbonyl (C=O) groups excluding carboxylic acids is 1. The lowest BCUT2D eigenvalue weighted by Crippen LogP contribution is -1.94. The van der Waals surface area contributed by atoms with Gasteiger partial charge in [-0.2, -0.15) is 0 Å². The number of carbonyl (C=O) groups is 1. The molecule has 0 unspecified atom stereocenters. The van der Waals surface area contributed by atoms with Crippen LogP contribution in [0.1, 0.15) is 19.4 Å². The minimum Gasteiger partial charge on any atom is -0.502 e. The molecule has 0 saturated heterocycles. The van der Waals surface area contributed by atoms with E-state index in [0.29, 0.717) is 22.6 Å². The van der Waals surface area contributed by atoms with Crippen LogP contribution in [0.5, 0.6) is 17.2 Å². The lowest BCUT2D eigenvalue weighted by atomic mass is 10.1. The van der Waals surface area contributed by atoms with Crippen LogP contribution in [-0.2, 0) is 4.79 Å². The molecule has 0 fully saturated rings. The number of methoxy groups -OCH3 is 2. The fraction of sp³-hybridized carbons (Fsp3) is 0.308. The molecule has 0 aliphatic rings. The maximum atomic E-state index is 11.2. The van der Waals surface area contributed by atoms with Gasteiger partial charge in [-0.25, -0.2) is 0 Å². The SMILES string of the molecule is COc1ccc(C=C(C)C(C)=O)c(OC)c1O. The summed E-state index contributed by atoms with van der Waals surface area (Å²) >= 11 is 0. The van der Waals surface area contributed by atoms with E-state index in [4.69, 9.17) is 9.47 Å². The Morgan fingerprint density at radius 1 is 1.24 bits per heavy atom. The Kier molecular flexibility index (Phi) is 4.15. The summed E-state index contributed by atoms with van der Waals surface area (Å²) in [6, 6.07) is 3.35. The second kappa shape index (κ2) is 5.39. The average Bonchev–Trinajstić information content (AvgIpc) is 2.29. The Balaban J connectivity index is 3.31. The van der Waals surface area contributed by atoms with Crippen molar-refractivity contribution in [1.82, 2.24) is 0 Å². The van der Waals surface area contributed by atoms with Crippen LogP contribution >= 0.6 is 0 Å². The summed E-state index contributed by atoms with van der Waals surface area (Å²) in [5.41, 5.74) is 1.23. The lowest BCUT2D eigenvalue weighted by Gasteiger charge is -2.11. The Labute approximate surface area is 100 Å². The van der Waals surface area contributed by atoms with Gasteiger partial charge in [0.25, 0.3) is 0 Å². The first kappa shape index (κ1) is 13.1. The molecule has 0 radical (unpaired) electrons. The standard InChI is InChI=1S/C13H16O4/c1-8(9(2)14)7-10-5-6-11(16-3)12(15)13(10)17-4/h5-7,15H,1-4H3. The number of hydrogen-bond acceptors (Lipinski definition) is 4. The predicted octanol–water partition coefficient (Wildman–Crippen LogP) is 2.40. The van der Waals surface area contributed by atoms with Crippen molar-refractivity contribution in [3.63, 3.8) is 0 Å². The van der Waals surface area contributed by atoms with Crippen molar-refractivity contribution in [2.75, 3.05) is 14.2 Å². The zero-order valence-corrected chi connectivity index (χ0v) is 10.4. The molecule has 92 valence electrons. The van der Waals surface area contributed by atoms with Gasteiger partial charge in [0, 0.05) is 5.56 Å². The Bertz CT molecular complexity index is 461. The first-order chi connectivity index (χ1) is 8.01. The molecule has 0 atom stereocenters. The normalized spacial score (nSPS) is 11.2. The third kappa shape index (κ3) is 2.78. The van der Waals surface area contributed by atoms with Crippen LogP contribution in [0.4, 0.5) is 0 Å². The highest BCUT2D eigenvalue weighted by Gasteiger charge is 2.13. The van der Waals surface area contributed by atoms with E-state index < -0.39 is 0 Å². The molecule has 4 nitrogen and oxygen atoms in total. The predicted molar refractivity (Wildman–Crippen MR) is 65.5 cm³/mol. The van der Waals surface area contributed by atoms with Crippen LogP contribution in [0.15, 0.2) is 17.7 Å². The van der Waals surface area contributed by atoms with E-state index in [9.17, 15) is 9.90 Å². The Morgan fingerprint density at radius 2 is 1.88 bits per heavy atom. The molecule has 0 saturated carbocycles. The second-order valence-corrected chi connectivity index (χ2v) is 3.62. The van der Waals surface area contributed by atoms with Crippen molar-refractivity contribution in [3.8, 4) is 17.2 Å². The lowest BCUT2D eigenvalue weighted by molar-refractivity contribution is -0.113. The van der Waals surface area contributed by atoms with Gasteiger partial charge in [0.1, 0.15) is 0 Å². The van der Waals surface area contributed by atoms with Crippen molar-refractivity contribution in [1.29, 1.82) is 0 Å². The van der Waals surface area contributed by atoms with Gasteiger partial charge >= 0.3 is 0 Å². The topological polar surface area (TPSA) is 55.8 Å². The number of phenolic OH excluding ortho intramolecular Hbond substituents is 1. The molecular weight excluding hydrogens is 220 g/mol. The summed E-state index contributed by atoms with van der Waals surface area (Å²) < 4.78 is 10.1. The molecule has 1 rings (SSSR count). The molecule has 0 aliphatic carbocycles. The highest BCUT2D eigenvalue weighted by Crippen LogP contribution is 2.39. The highest BCUT2D eigenvalue weighted by atomic mass is 16.5. The molecule has 1 aromatic rings.